The highest BCUT2D eigenvalue weighted by Gasteiger charge is 2.29. The number of amides is 1. The molecule has 1 saturated carbocycles. The van der Waals surface area contributed by atoms with Gasteiger partial charge < -0.3 is 9.80 Å². The van der Waals surface area contributed by atoms with Crippen LogP contribution in [-0.4, -0.2) is 41.9 Å². The number of likely N-dealkylation sites (tertiary alicyclic amines) is 1. The molecule has 3 nitrogen and oxygen atoms in total. The Bertz CT molecular complexity index is 777. The minimum Gasteiger partial charge on any atom is -0.338 e. The first-order valence-corrected chi connectivity index (χ1v) is 12.4. The Kier molecular flexibility index (Phi) is 8.17. The van der Waals surface area contributed by atoms with E-state index in [1.807, 2.05) is 6.07 Å². The number of hydrogen-bond donors (Lipinski definition) is 0. The van der Waals surface area contributed by atoms with Crippen molar-refractivity contribution in [2.45, 2.75) is 57.9 Å². The summed E-state index contributed by atoms with van der Waals surface area (Å²) < 4.78 is 0. The lowest BCUT2D eigenvalue weighted by molar-refractivity contribution is -0.137. The van der Waals surface area contributed by atoms with Crippen molar-refractivity contribution in [3.8, 4) is 0 Å². The van der Waals surface area contributed by atoms with Crippen LogP contribution in [0.4, 0.5) is 0 Å². The summed E-state index contributed by atoms with van der Waals surface area (Å²) >= 11 is 0. The van der Waals surface area contributed by atoms with E-state index in [0.29, 0.717) is 5.91 Å². The fourth-order valence-corrected chi connectivity index (χ4v) is 5.34. The fourth-order valence-electron chi connectivity index (χ4n) is 5.34. The van der Waals surface area contributed by atoms with Crippen LogP contribution in [-0.2, 0) is 17.8 Å². The molecule has 1 heterocycles. The summed E-state index contributed by atoms with van der Waals surface area (Å²) in [5.74, 6) is 1.43. The van der Waals surface area contributed by atoms with Gasteiger partial charge >= 0.3 is 0 Å². The van der Waals surface area contributed by atoms with Crippen LogP contribution >= 0.6 is 0 Å². The molecule has 2 aliphatic rings. The van der Waals surface area contributed by atoms with E-state index >= 15 is 0 Å². The van der Waals surface area contributed by atoms with Gasteiger partial charge in [0.1, 0.15) is 0 Å². The molecule has 0 unspecified atom stereocenters. The van der Waals surface area contributed by atoms with Crippen LogP contribution in [0.3, 0.4) is 0 Å². The fraction of sp³-hybridized carbons (Fsp3) is 0.536. The highest BCUT2D eigenvalue weighted by molar-refractivity contribution is 5.79. The average molecular weight is 419 g/mol. The Morgan fingerprint density at radius 3 is 2.06 bits per heavy atom. The Morgan fingerprint density at radius 1 is 0.806 bits per heavy atom. The van der Waals surface area contributed by atoms with Crippen molar-refractivity contribution >= 4 is 5.91 Å². The summed E-state index contributed by atoms with van der Waals surface area (Å²) in [5, 5.41) is 0. The number of nitrogens with zero attached hydrogens (tertiary/aromatic N) is 2. The number of carbonyl (C=O) groups is 1. The smallest absolute Gasteiger partial charge is 0.226 e. The van der Waals surface area contributed by atoms with Crippen LogP contribution in [0.25, 0.3) is 0 Å². The molecule has 1 aliphatic heterocycles. The van der Waals surface area contributed by atoms with E-state index in [2.05, 4.69) is 64.4 Å². The molecule has 4 rings (SSSR count). The van der Waals surface area contributed by atoms with E-state index in [-0.39, 0.29) is 5.92 Å². The van der Waals surface area contributed by atoms with E-state index in [4.69, 9.17) is 0 Å². The van der Waals surface area contributed by atoms with E-state index < -0.39 is 0 Å². The SMILES string of the molecule is O=C(C1CCN(CC2CCCCC2)CC1)N(CCc1ccccc1)Cc1ccccc1. The zero-order valence-electron chi connectivity index (χ0n) is 18.9. The molecular weight excluding hydrogens is 380 g/mol. The number of benzene rings is 2. The van der Waals surface area contributed by atoms with Crippen molar-refractivity contribution in [2.75, 3.05) is 26.2 Å². The van der Waals surface area contributed by atoms with Crippen molar-refractivity contribution < 1.29 is 4.79 Å². The van der Waals surface area contributed by atoms with Crippen molar-refractivity contribution in [3.05, 3.63) is 71.8 Å². The molecule has 31 heavy (non-hydrogen) atoms. The third-order valence-electron chi connectivity index (χ3n) is 7.22. The van der Waals surface area contributed by atoms with Gasteiger partial charge in [0.25, 0.3) is 0 Å². The van der Waals surface area contributed by atoms with Gasteiger partial charge in [0.2, 0.25) is 5.91 Å². The molecule has 3 heteroatoms. The summed E-state index contributed by atoms with van der Waals surface area (Å²) in [6.07, 6.45) is 10.0. The van der Waals surface area contributed by atoms with Gasteiger partial charge in [-0.3, -0.25) is 4.79 Å². The van der Waals surface area contributed by atoms with Crippen LogP contribution in [0, 0.1) is 11.8 Å². The minimum absolute atomic E-state index is 0.182. The summed E-state index contributed by atoms with van der Waals surface area (Å²) in [7, 11) is 0. The molecule has 0 aromatic heterocycles. The molecule has 1 aliphatic carbocycles. The molecule has 0 bridgehead atoms. The van der Waals surface area contributed by atoms with Crippen molar-refractivity contribution in [2.24, 2.45) is 11.8 Å². The molecule has 2 aromatic rings. The molecule has 1 saturated heterocycles. The van der Waals surface area contributed by atoms with E-state index in [0.717, 1.165) is 51.4 Å². The molecule has 0 radical (unpaired) electrons. The zero-order chi connectivity index (χ0) is 21.3. The van der Waals surface area contributed by atoms with Gasteiger partial charge in [0.05, 0.1) is 0 Å². The van der Waals surface area contributed by atoms with Gasteiger partial charge in [-0.25, -0.2) is 0 Å². The highest BCUT2D eigenvalue weighted by Crippen LogP contribution is 2.27. The van der Waals surface area contributed by atoms with Gasteiger partial charge in [0.15, 0.2) is 0 Å². The van der Waals surface area contributed by atoms with Crippen LogP contribution in [0.1, 0.15) is 56.1 Å². The average Bonchev–Trinajstić information content (AvgIpc) is 2.84. The lowest BCUT2D eigenvalue weighted by Crippen LogP contribution is -2.44. The molecule has 0 N–H and O–H groups in total. The van der Waals surface area contributed by atoms with Gasteiger partial charge in [-0.15, -0.1) is 0 Å². The first-order valence-electron chi connectivity index (χ1n) is 12.4. The second kappa shape index (κ2) is 11.5. The van der Waals surface area contributed by atoms with Crippen LogP contribution in [0.15, 0.2) is 60.7 Å². The van der Waals surface area contributed by atoms with Gasteiger partial charge in [-0.1, -0.05) is 79.9 Å². The maximum atomic E-state index is 13.5. The quantitative estimate of drug-likeness (QED) is 0.561. The summed E-state index contributed by atoms with van der Waals surface area (Å²) in [4.78, 5) is 18.3. The predicted molar refractivity (Wildman–Crippen MR) is 128 cm³/mol. The van der Waals surface area contributed by atoms with Crippen LogP contribution in [0.2, 0.25) is 0 Å². The molecule has 2 aromatic carbocycles. The van der Waals surface area contributed by atoms with E-state index in [1.165, 1.54) is 49.8 Å². The van der Waals surface area contributed by atoms with Gasteiger partial charge in [0, 0.05) is 25.6 Å². The van der Waals surface area contributed by atoms with Crippen LogP contribution in [0.5, 0.6) is 0 Å². The van der Waals surface area contributed by atoms with Gasteiger partial charge in [-0.05, 0) is 62.2 Å². The largest absolute Gasteiger partial charge is 0.338 e. The number of carbonyl (C=O) groups excluding carboxylic acids is 1. The normalized spacial score (nSPS) is 18.7. The monoisotopic (exact) mass is 418 g/mol. The zero-order valence-corrected chi connectivity index (χ0v) is 18.9. The van der Waals surface area contributed by atoms with Crippen molar-refractivity contribution in [1.29, 1.82) is 0 Å². The summed E-state index contributed by atoms with van der Waals surface area (Å²) in [6.45, 7) is 4.94. The Morgan fingerprint density at radius 2 is 1.42 bits per heavy atom. The lowest BCUT2D eigenvalue weighted by Gasteiger charge is -2.36. The molecule has 2 fully saturated rings. The topological polar surface area (TPSA) is 23.6 Å². The maximum Gasteiger partial charge on any atom is 0.226 e. The first kappa shape index (κ1) is 22.1. The second-order valence-electron chi connectivity index (χ2n) is 9.56. The highest BCUT2D eigenvalue weighted by atomic mass is 16.2. The molecule has 0 spiro atoms. The number of hydrogen-bond acceptors (Lipinski definition) is 2. The Hall–Kier alpha value is -2.13. The third-order valence-corrected chi connectivity index (χ3v) is 7.22. The van der Waals surface area contributed by atoms with Crippen molar-refractivity contribution in [3.63, 3.8) is 0 Å². The lowest BCUT2D eigenvalue weighted by atomic mass is 9.87. The Labute approximate surface area is 188 Å². The summed E-state index contributed by atoms with van der Waals surface area (Å²) in [5.41, 5.74) is 2.52. The molecule has 0 atom stereocenters. The number of rotatable bonds is 8. The van der Waals surface area contributed by atoms with E-state index in [1.54, 1.807) is 0 Å². The Balaban J connectivity index is 1.33. The standard InChI is InChI=1S/C28H38N2O/c31-28(27-17-19-29(20-18-27)22-25-12-6-2-7-13-25)30(23-26-14-8-3-9-15-26)21-16-24-10-4-1-5-11-24/h1,3-5,8-11,14-15,25,27H,2,6-7,12-13,16-23H2. The predicted octanol–water partition coefficient (Wildman–Crippen LogP) is 5.55. The molecule has 1 amide bonds. The van der Waals surface area contributed by atoms with Gasteiger partial charge in [-0.2, -0.15) is 0 Å². The maximum absolute atomic E-state index is 13.5. The van der Waals surface area contributed by atoms with Crippen LogP contribution < -0.4 is 0 Å². The third kappa shape index (κ3) is 6.67. The number of piperidine rings is 1. The van der Waals surface area contributed by atoms with Crippen molar-refractivity contribution in [1.82, 2.24) is 9.80 Å². The molecular formula is C28H38N2O. The first-order chi connectivity index (χ1) is 15.3. The van der Waals surface area contributed by atoms with E-state index in [9.17, 15) is 4.79 Å². The minimum atomic E-state index is 0.182. The summed E-state index contributed by atoms with van der Waals surface area (Å²) in [6, 6.07) is 21.0. The molecule has 166 valence electrons. The second-order valence-corrected chi connectivity index (χ2v) is 9.56.